The number of carbonyl (C=O) groups is 3. The molecule has 0 radical (unpaired) electrons. The number of carbonyl (C=O) groups excluding carboxylic acids is 3. The highest BCUT2D eigenvalue weighted by Crippen LogP contribution is 2.16. The summed E-state index contributed by atoms with van der Waals surface area (Å²) in [6.07, 6.45) is 5.34. The van der Waals surface area contributed by atoms with Crippen LogP contribution in [0.25, 0.3) is 0 Å². The largest absolute Gasteiger partial charge is 0.444 e. The van der Waals surface area contributed by atoms with Crippen molar-refractivity contribution in [2.45, 2.75) is 65.1 Å². The Balaban J connectivity index is 1.49. The Morgan fingerprint density at radius 1 is 0.936 bits per heavy atom. The molecule has 10 nitrogen and oxygen atoms in total. The number of hydrogen-bond acceptors (Lipinski definition) is 8. The molecule has 2 heterocycles. The number of nitrogens with one attached hydrogen (secondary N) is 3. The highest BCUT2D eigenvalue weighted by molar-refractivity contribution is 7.09. The molecule has 3 aromatic rings. The molecule has 1 aliphatic rings. The zero-order valence-electron chi connectivity index (χ0n) is 27.6. The fraction of sp³-hybridized carbons (Fsp3) is 0.444. The monoisotopic (exact) mass is 661 g/mol. The van der Waals surface area contributed by atoms with E-state index in [1.807, 2.05) is 81.4 Å². The van der Waals surface area contributed by atoms with Gasteiger partial charge in [-0.15, -0.1) is 11.3 Å². The number of benzene rings is 2. The predicted molar refractivity (Wildman–Crippen MR) is 184 cm³/mol. The zero-order valence-corrected chi connectivity index (χ0v) is 28.4. The smallest absolute Gasteiger partial charge is 0.407 e. The second-order valence-electron chi connectivity index (χ2n) is 12.7. The third kappa shape index (κ3) is 12.9. The summed E-state index contributed by atoms with van der Waals surface area (Å²) in [5, 5.41) is 9.15. The summed E-state index contributed by atoms with van der Waals surface area (Å²) in [5.41, 5.74) is 3.43. The number of alkyl carbamates (subject to hydrolysis) is 1. The van der Waals surface area contributed by atoms with Gasteiger partial charge in [-0.3, -0.25) is 19.5 Å². The van der Waals surface area contributed by atoms with Gasteiger partial charge in [0.2, 0.25) is 5.91 Å². The normalized spacial score (nSPS) is 15.3. The lowest BCUT2D eigenvalue weighted by molar-refractivity contribution is -0.129. The molecule has 47 heavy (non-hydrogen) atoms. The average Bonchev–Trinajstić information content (AvgIpc) is 3.59. The molecule has 3 amide bonds. The number of thiazole rings is 1. The van der Waals surface area contributed by atoms with Crippen molar-refractivity contribution in [1.29, 1.82) is 0 Å². The minimum absolute atomic E-state index is 0.154. The number of aromatic nitrogens is 1. The molecule has 2 aromatic carbocycles. The van der Waals surface area contributed by atoms with E-state index >= 15 is 0 Å². The Labute approximate surface area is 281 Å². The Morgan fingerprint density at radius 3 is 2.09 bits per heavy atom. The van der Waals surface area contributed by atoms with E-state index in [1.165, 1.54) is 11.3 Å². The zero-order chi connectivity index (χ0) is 33.5. The van der Waals surface area contributed by atoms with Gasteiger partial charge in [0, 0.05) is 43.3 Å². The van der Waals surface area contributed by atoms with Gasteiger partial charge >= 0.3 is 6.09 Å². The minimum atomic E-state index is -0.674. The molecule has 3 N–H and O–H groups in total. The van der Waals surface area contributed by atoms with Crippen molar-refractivity contribution in [2.75, 3.05) is 32.8 Å². The first-order chi connectivity index (χ1) is 22.7. The quantitative estimate of drug-likeness (QED) is 0.199. The molecule has 11 heteroatoms. The van der Waals surface area contributed by atoms with E-state index in [-0.39, 0.29) is 36.2 Å². The van der Waals surface area contributed by atoms with Crippen molar-refractivity contribution in [3.05, 3.63) is 100 Å². The molecule has 1 aromatic heterocycles. The van der Waals surface area contributed by atoms with Crippen molar-refractivity contribution >= 4 is 29.2 Å². The highest BCUT2D eigenvalue weighted by Gasteiger charge is 2.26. The van der Waals surface area contributed by atoms with Gasteiger partial charge in [0.1, 0.15) is 12.3 Å². The summed E-state index contributed by atoms with van der Waals surface area (Å²) < 4.78 is 10.9. The highest BCUT2D eigenvalue weighted by atomic mass is 32.1. The summed E-state index contributed by atoms with van der Waals surface area (Å²) in [5.74, 6) is -0.571. The number of amides is 3. The first-order valence-corrected chi connectivity index (χ1v) is 17.0. The molecule has 0 aliphatic carbocycles. The van der Waals surface area contributed by atoms with E-state index in [0.717, 1.165) is 29.1 Å². The Kier molecular flexibility index (Phi) is 14.0. The number of morpholine rings is 1. The van der Waals surface area contributed by atoms with Gasteiger partial charge in [0.05, 0.1) is 23.6 Å². The molecule has 0 bridgehead atoms. The summed E-state index contributed by atoms with van der Waals surface area (Å²) in [7, 11) is 0. The van der Waals surface area contributed by atoms with Crippen molar-refractivity contribution in [3.8, 4) is 0 Å². The van der Waals surface area contributed by atoms with Crippen molar-refractivity contribution in [3.63, 3.8) is 0 Å². The molecule has 252 valence electrons. The van der Waals surface area contributed by atoms with Crippen LogP contribution < -0.4 is 16.0 Å². The van der Waals surface area contributed by atoms with Gasteiger partial charge in [0.25, 0.3) is 5.91 Å². The van der Waals surface area contributed by atoms with E-state index in [2.05, 4.69) is 25.8 Å². The maximum Gasteiger partial charge on any atom is 0.407 e. The van der Waals surface area contributed by atoms with E-state index < -0.39 is 11.5 Å². The second-order valence-corrected chi connectivity index (χ2v) is 13.7. The van der Waals surface area contributed by atoms with Crippen LogP contribution in [0.4, 0.5) is 4.79 Å². The maximum atomic E-state index is 13.9. The van der Waals surface area contributed by atoms with Crippen LogP contribution in [-0.4, -0.2) is 72.7 Å². The Bertz CT molecular complexity index is 1420. The SMILES string of the molecule is CC(C)(C)C(=O)N/C(=C/CN1CCOCC1)C(=O)N[C@H](CC[C@H](Cc1ccccc1)NC(=O)OCc1cncs1)Cc1ccccc1. The lowest BCUT2D eigenvalue weighted by Crippen LogP contribution is -2.45. The van der Waals surface area contributed by atoms with Gasteiger partial charge in [-0.1, -0.05) is 81.4 Å². The van der Waals surface area contributed by atoms with Gasteiger partial charge < -0.3 is 25.4 Å². The molecular weight excluding hydrogens is 614 g/mol. The Hall–Kier alpha value is -4.06. The predicted octanol–water partition coefficient (Wildman–Crippen LogP) is 4.87. The molecule has 4 rings (SSSR count). The molecule has 2 atom stereocenters. The lowest BCUT2D eigenvalue weighted by atomic mass is 9.95. The minimum Gasteiger partial charge on any atom is -0.444 e. The van der Waals surface area contributed by atoms with Crippen molar-refractivity contribution in [2.24, 2.45) is 5.41 Å². The van der Waals surface area contributed by atoms with Crippen LogP contribution in [0.1, 0.15) is 49.6 Å². The van der Waals surface area contributed by atoms with Crippen LogP contribution in [0.15, 0.2) is 84.1 Å². The number of ether oxygens (including phenoxy) is 2. The maximum absolute atomic E-state index is 13.9. The molecule has 0 unspecified atom stereocenters. The summed E-state index contributed by atoms with van der Waals surface area (Å²) >= 11 is 1.43. The van der Waals surface area contributed by atoms with Crippen LogP contribution in [0.5, 0.6) is 0 Å². The lowest BCUT2D eigenvalue weighted by Gasteiger charge is -2.27. The number of hydrogen-bond donors (Lipinski definition) is 3. The summed E-state index contributed by atoms with van der Waals surface area (Å²) in [4.78, 5) is 46.8. The van der Waals surface area contributed by atoms with Gasteiger partial charge in [-0.2, -0.15) is 0 Å². The molecule has 1 aliphatic heterocycles. The Morgan fingerprint density at radius 2 is 1.53 bits per heavy atom. The van der Waals surface area contributed by atoms with Crippen molar-refractivity contribution in [1.82, 2.24) is 25.8 Å². The topological polar surface area (TPSA) is 122 Å². The van der Waals surface area contributed by atoms with E-state index in [4.69, 9.17) is 9.47 Å². The van der Waals surface area contributed by atoms with E-state index in [0.29, 0.717) is 45.4 Å². The van der Waals surface area contributed by atoms with E-state index in [9.17, 15) is 14.4 Å². The molecule has 1 fully saturated rings. The molecular formula is C36H47N5O5S. The first-order valence-electron chi connectivity index (χ1n) is 16.2. The first kappa shape index (κ1) is 35.8. The fourth-order valence-corrected chi connectivity index (χ4v) is 5.59. The molecule has 0 saturated carbocycles. The average molecular weight is 662 g/mol. The summed E-state index contributed by atoms with van der Waals surface area (Å²) in [6, 6.07) is 19.5. The van der Waals surface area contributed by atoms with Crippen LogP contribution in [0, 0.1) is 5.41 Å². The molecule has 0 spiro atoms. The second kappa shape index (κ2) is 18.3. The van der Waals surface area contributed by atoms with Crippen LogP contribution in [-0.2, 0) is 38.5 Å². The van der Waals surface area contributed by atoms with Crippen LogP contribution >= 0.6 is 11.3 Å². The fourth-order valence-electron chi connectivity index (χ4n) is 5.09. The standard InChI is InChI=1S/C36H47N5O5S/c1-36(2,3)34(43)40-32(16-17-41-18-20-45-21-19-41)33(42)38-29(22-27-10-6-4-7-11-27)14-15-30(23-28-12-8-5-9-13-28)39-35(44)46-25-31-24-37-26-47-31/h4-13,16,24,26,29-30H,14-15,17-23,25H2,1-3H3,(H,38,42)(H,39,44)(H,40,43)/b32-16+/t29-,30-/m1/s1. The van der Waals surface area contributed by atoms with Gasteiger partial charge in [-0.05, 0) is 42.9 Å². The molecule has 1 saturated heterocycles. The van der Waals surface area contributed by atoms with Crippen LogP contribution in [0.2, 0.25) is 0 Å². The van der Waals surface area contributed by atoms with E-state index in [1.54, 1.807) is 17.8 Å². The number of rotatable bonds is 15. The number of nitrogens with zero attached hydrogens (tertiary/aromatic N) is 2. The third-order valence-corrected chi connectivity index (χ3v) is 8.58. The van der Waals surface area contributed by atoms with Gasteiger partial charge in [-0.25, -0.2) is 4.79 Å². The van der Waals surface area contributed by atoms with Crippen LogP contribution in [0.3, 0.4) is 0 Å². The van der Waals surface area contributed by atoms with Gasteiger partial charge in [0.15, 0.2) is 0 Å². The third-order valence-electron chi connectivity index (χ3n) is 7.83. The van der Waals surface area contributed by atoms with Crippen molar-refractivity contribution < 1.29 is 23.9 Å². The summed E-state index contributed by atoms with van der Waals surface area (Å²) in [6.45, 7) is 8.93.